The molecule has 0 aromatic carbocycles. The minimum Gasteiger partial charge on any atom is -0.463 e. The summed E-state index contributed by atoms with van der Waals surface area (Å²) < 4.78 is 5.62. The number of aromatic nitrogens is 2. The summed E-state index contributed by atoms with van der Waals surface area (Å²) in [4.78, 5) is 28.0. The molecule has 0 spiro atoms. The van der Waals surface area contributed by atoms with E-state index in [0.29, 0.717) is 24.8 Å². The molecule has 2 aliphatic rings. The van der Waals surface area contributed by atoms with Crippen LogP contribution in [-0.2, 0) is 11.2 Å². The van der Waals surface area contributed by atoms with Crippen molar-refractivity contribution in [2.45, 2.75) is 58.9 Å². The van der Waals surface area contributed by atoms with Gasteiger partial charge in [0, 0.05) is 43.8 Å². The normalized spacial score (nSPS) is 18.3. The number of hydrogen-bond acceptors (Lipinski definition) is 7. The number of nitrogens with two attached hydrogens (primary N) is 1. The topological polar surface area (TPSA) is 87.8 Å². The second kappa shape index (κ2) is 9.26. The standard InChI is InChI=1S/C21H36N6O2/c1-5-6-14-29-20-23-18(22)16-15-17(28)27(19(16)24-20)9-7-8-25-10-12-26(13-11-25)21(2,3)4/h5-15H2,1-4H3,(H2,22,23,24). The van der Waals surface area contributed by atoms with Gasteiger partial charge in [-0.2, -0.15) is 9.97 Å². The third kappa shape index (κ3) is 5.36. The maximum atomic E-state index is 12.5. The molecule has 8 nitrogen and oxygen atoms in total. The fraction of sp³-hybridized carbons (Fsp3) is 0.762. The van der Waals surface area contributed by atoms with Gasteiger partial charge in [0.25, 0.3) is 0 Å². The Morgan fingerprint density at radius 3 is 2.45 bits per heavy atom. The number of amides is 1. The number of fused-ring (bicyclic) bond motifs is 1. The van der Waals surface area contributed by atoms with E-state index in [1.807, 2.05) is 0 Å². The average molecular weight is 405 g/mol. The van der Waals surface area contributed by atoms with Crippen molar-refractivity contribution in [2.75, 3.05) is 56.5 Å². The molecule has 29 heavy (non-hydrogen) atoms. The maximum Gasteiger partial charge on any atom is 0.320 e. The van der Waals surface area contributed by atoms with Gasteiger partial charge < -0.3 is 15.4 Å². The molecule has 1 saturated heterocycles. The number of ether oxygens (including phenoxy) is 1. The van der Waals surface area contributed by atoms with E-state index in [9.17, 15) is 4.79 Å². The van der Waals surface area contributed by atoms with Crippen molar-refractivity contribution in [1.29, 1.82) is 0 Å². The van der Waals surface area contributed by atoms with Crippen molar-refractivity contribution in [1.82, 2.24) is 19.8 Å². The number of nitrogens with zero attached hydrogens (tertiary/aromatic N) is 5. The highest BCUT2D eigenvalue weighted by Crippen LogP contribution is 2.32. The highest BCUT2D eigenvalue weighted by atomic mass is 16.5. The zero-order chi connectivity index (χ0) is 21.0. The van der Waals surface area contributed by atoms with Crippen LogP contribution >= 0.6 is 0 Å². The van der Waals surface area contributed by atoms with Crippen LogP contribution in [0.15, 0.2) is 0 Å². The highest BCUT2D eigenvalue weighted by molar-refractivity contribution is 6.01. The first-order valence-corrected chi connectivity index (χ1v) is 10.9. The Kier molecular flexibility index (Phi) is 6.95. The molecule has 0 bridgehead atoms. The fourth-order valence-electron chi connectivity index (χ4n) is 3.92. The monoisotopic (exact) mass is 404 g/mol. The number of anilines is 2. The Labute approximate surface area is 174 Å². The van der Waals surface area contributed by atoms with Crippen molar-refractivity contribution < 1.29 is 9.53 Å². The molecule has 0 aliphatic carbocycles. The molecule has 3 rings (SSSR count). The first kappa shape index (κ1) is 21.8. The van der Waals surface area contributed by atoms with E-state index in [0.717, 1.165) is 57.5 Å². The predicted octanol–water partition coefficient (Wildman–Crippen LogP) is 1.93. The van der Waals surface area contributed by atoms with E-state index < -0.39 is 0 Å². The van der Waals surface area contributed by atoms with Crippen molar-refractivity contribution in [3.8, 4) is 6.01 Å². The number of unbranched alkanes of at least 4 members (excludes halogenated alkanes) is 1. The second-order valence-electron chi connectivity index (χ2n) is 8.97. The van der Waals surface area contributed by atoms with Crippen LogP contribution in [0.2, 0.25) is 0 Å². The van der Waals surface area contributed by atoms with Gasteiger partial charge in [0.2, 0.25) is 5.91 Å². The van der Waals surface area contributed by atoms with Gasteiger partial charge in [0.05, 0.1) is 13.0 Å². The van der Waals surface area contributed by atoms with Gasteiger partial charge >= 0.3 is 6.01 Å². The quantitative estimate of drug-likeness (QED) is 0.662. The van der Waals surface area contributed by atoms with Crippen LogP contribution in [0.4, 0.5) is 11.6 Å². The molecule has 0 saturated carbocycles. The molecule has 3 heterocycles. The van der Waals surface area contributed by atoms with Gasteiger partial charge in [-0.15, -0.1) is 0 Å². The Balaban J connectivity index is 1.54. The van der Waals surface area contributed by atoms with Crippen LogP contribution < -0.4 is 15.4 Å². The van der Waals surface area contributed by atoms with E-state index in [4.69, 9.17) is 10.5 Å². The average Bonchev–Trinajstić information content (AvgIpc) is 2.98. The minimum atomic E-state index is 0.0456. The maximum absolute atomic E-state index is 12.5. The molecular formula is C21H36N6O2. The number of carbonyl (C=O) groups excluding carboxylic acids is 1. The van der Waals surface area contributed by atoms with Crippen molar-refractivity contribution in [3.63, 3.8) is 0 Å². The first-order chi connectivity index (χ1) is 13.8. The summed E-state index contributed by atoms with van der Waals surface area (Å²) in [6.45, 7) is 15.4. The smallest absolute Gasteiger partial charge is 0.320 e. The van der Waals surface area contributed by atoms with Gasteiger partial charge in [-0.05, 0) is 40.2 Å². The van der Waals surface area contributed by atoms with Crippen molar-refractivity contribution in [2.24, 2.45) is 0 Å². The zero-order valence-electron chi connectivity index (χ0n) is 18.4. The van der Waals surface area contributed by atoms with E-state index in [1.54, 1.807) is 4.90 Å². The summed E-state index contributed by atoms with van der Waals surface area (Å²) in [6.07, 6.45) is 3.16. The molecule has 1 aromatic heterocycles. The first-order valence-electron chi connectivity index (χ1n) is 10.9. The number of carbonyl (C=O) groups is 1. The van der Waals surface area contributed by atoms with Crippen molar-refractivity contribution >= 4 is 17.5 Å². The van der Waals surface area contributed by atoms with Crippen LogP contribution in [0.5, 0.6) is 6.01 Å². The van der Waals surface area contributed by atoms with Crippen molar-refractivity contribution in [3.05, 3.63) is 5.56 Å². The molecule has 1 amide bonds. The van der Waals surface area contributed by atoms with Gasteiger partial charge in [0.15, 0.2) is 0 Å². The molecule has 1 fully saturated rings. The molecule has 162 valence electrons. The van der Waals surface area contributed by atoms with E-state index in [2.05, 4.69) is 47.5 Å². The summed E-state index contributed by atoms with van der Waals surface area (Å²) in [5.74, 6) is 1.03. The molecule has 8 heteroatoms. The van der Waals surface area contributed by atoms with Crippen LogP contribution in [0.1, 0.15) is 52.5 Å². The second-order valence-corrected chi connectivity index (χ2v) is 8.97. The molecule has 2 N–H and O–H groups in total. The molecule has 2 aliphatic heterocycles. The zero-order valence-corrected chi connectivity index (χ0v) is 18.4. The summed E-state index contributed by atoms with van der Waals surface area (Å²) in [5.41, 5.74) is 7.04. The number of piperazine rings is 1. The summed E-state index contributed by atoms with van der Waals surface area (Å²) in [7, 11) is 0. The van der Waals surface area contributed by atoms with Crippen LogP contribution in [0.3, 0.4) is 0 Å². The Morgan fingerprint density at radius 2 is 1.79 bits per heavy atom. The molecule has 0 atom stereocenters. The predicted molar refractivity (Wildman–Crippen MR) is 115 cm³/mol. The Morgan fingerprint density at radius 1 is 1.07 bits per heavy atom. The summed E-state index contributed by atoms with van der Waals surface area (Å²) in [6, 6.07) is 0.271. The van der Waals surface area contributed by atoms with Gasteiger partial charge in [-0.1, -0.05) is 13.3 Å². The lowest BCUT2D eigenvalue weighted by molar-refractivity contribution is -0.117. The lowest BCUT2D eigenvalue weighted by atomic mass is 10.0. The van der Waals surface area contributed by atoms with Gasteiger partial charge in [0.1, 0.15) is 11.6 Å². The largest absolute Gasteiger partial charge is 0.463 e. The molecular weight excluding hydrogens is 368 g/mol. The SMILES string of the molecule is CCCCOc1nc(N)c2c(n1)N(CCCN1CCN(C(C)(C)C)CC1)C(=O)C2. The van der Waals surface area contributed by atoms with Crippen LogP contribution in [-0.4, -0.2) is 77.1 Å². The van der Waals surface area contributed by atoms with Gasteiger partial charge in [-0.3, -0.25) is 14.6 Å². The number of nitrogen functional groups attached to an aromatic ring is 1. The van der Waals surface area contributed by atoms with E-state index >= 15 is 0 Å². The van der Waals surface area contributed by atoms with E-state index in [-0.39, 0.29) is 23.9 Å². The Hall–Kier alpha value is -1.93. The number of hydrogen-bond donors (Lipinski definition) is 1. The van der Waals surface area contributed by atoms with Crippen LogP contribution in [0, 0.1) is 0 Å². The van der Waals surface area contributed by atoms with Gasteiger partial charge in [-0.25, -0.2) is 0 Å². The molecule has 0 unspecified atom stereocenters. The van der Waals surface area contributed by atoms with Crippen LogP contribution in [0.25, 0.3) is 0 Å². The Bertz CT molecular complexity index is 710. The van der Waals surface area contributed by atoms with E-state index in [1.165, 1.54) is 0 Å². The lowest BCUT2D eigenvalue weighted by Crippen LogP contribution is -2.53. The lowest BCUT2D eigenvalue weighted by Gasteiger charge is -2.42. The third-order valence-electron chi connectivity index (χ3n) is 5.79. The highest BCUT2D eigenvalue weighted by Gasteiger charge is 2.32. The minimum absolute atomic E-state index is 0.0456. The number of rotatable bonds is 8. The fourth-order valence-corrected chi connectivity index (χ4v) is 3.92. The third-order valence-corrected chi connectivity index (χ3v) is 5.79. The molecule has 1 aromatic rings. The molecule has 0 radical (unpaired) electrons. The summed E-state index contributed by atoms with van der Waals surface area (Å²) in [5, 5.41) is 0. The summed E-state index contributed by atoms with van der Waals surface area (Å²) >= 11 is 0.